The number of rotatable bonds is 5. The number of barbiturate groups is 1. The Kier molecular flexibility index (Phi) is 5.87. The molecule has 1 saturated carbocycles. The Hall–Kier alpha value is -3.03. The summed E-state index contributed by atoms with van der Waals surface area (Å²) < 4.78 is 15.9. The average Bonchev–Trinajstić information content (AvgIpc) is 2.70. The molecule has 0 aromatic heterocycles. The molecule has 1 aromatic rings. The summed E-state index contributed by atoms with van der Waals surface area (Å²) in [6.07, 6.45) is 5.95. The van der Waals surface area contributed by atoms with Crippen LogP contribution in [0.3, 0.4) is 0 Å². The Morgan fingerprint density at radius 3 is 2.11 bits per heavy atom. The minimum absolute atomic E-state index is 0.0977. The molecule has 3 rings (SSSR count). The van der Waals surface area contributed by atoms with Crippen LogP contribution in [-0.4, -0.2) is 50.1 Å². The maximum atomic E-state index is 13.0. The maximum absolute atomic E-state index is 13.0. The number of amides is 4. The van der Waals surface area contributed by atoms with E-state index < -0.39 is 17.8 Å². The third kappa shape index (κ3) is 3.67. The number of imide groups is 2. The highest BCUT2D eigenvalue weighted by Crippen LogP contribution is 2.39. The van der Waals surface area contributed by atoms with E-state index in [-0.39, 0.29) is 11.6 Å². The van der Waals surface area contributed by atoms with Crippen LogP contribution in [0.5, 0.6) is 17.2 Å². The third-order valence-electron chi connectivity index (χ3n) is 5.07. The second-order valence-electron chi connectivity index (χ2n) is 6.74. The topological polar surface area (TPSA) is 94.2 Å². The molecule has 1 aliphatic heterocycles. The van der Waals surface area contributed by atoms with Gasteiger partial charge in [-0.05, 0) is 36.6 Å². The van der Waals surface area contributed by atoms with Gasteiger partial charge in [-0.15, -0.1) is 0 Å². The van der Waals surface area contributed by atoms with Crippen LogP contribution in [0.1, 0.15) is 37.7 Å². The molecule has 1 heterocycles. The van der Waals surface area contributed by atoms with Gasteiger partial charge in [-0.25, -0.2) is 4.79 Å². The van der Waals surface area contributed by atoms with Crippen molar-refractivity contribution in [1.82, 2.24) is 10.2 Å². The van der Waals surface area contributed by atoms with E-state index in [2.05, 4.69) is 5.32 Å². The maximum Gasteiger partial charge on any atom is 0.331 e. The van der Waals surface area contributed by atoms with Gasteiger partial charge < -0.3 is 14.2 Å². The van der Waals surface area contributed by atoms with Crippen molar-refractivity contribution in [2.45, 2.75) is 38.1 Å². The predicted octanol–water partition coefficient (Wildman–Crippen LogP) is 2.51. The molecule has 8 heteroatoms. The number of urea groups is 1. The van der Waals surface area contributed by atoms with Crippen molar-refractivity contribution in [3.63, 3.8) is 0 Å². The Balaban J connectivity index is 1.99. The lowest BCUT2D eigenvalue weighted by atomic mass is 9.93. The lowest BCUT2D eigenvalue weighted by Crippen LogP contribution is -2.58. The first-order chi connectivity index (χ1) is 13.5. The number of benzene rings is 1. The number of carbonyl (C=O) groups excluding carboxylic acids is 3. The van der Waals surface area contributed by atoms with E-state index in [0.717, 1.165) is 32.1 Å². The van der Waals surface area contributed by atoms with Gasteiger partial charge in [-0.3, -0.25) is 19.8 Å². The summed E-state index contributed by atoms with van der Waals surface area (Å²) in [5.74, 6) is -0.0778. The highest BCUT2D eigenvalue weighted by Gasteiger charge is 2.40. The van der Waals surface area contributed by atoms with Crippen LogP contribution in [-0.2, 0) is 9.59 Å². The van der Waals surface area contributed by atoms with Crippen molar-refractivity contribution in [2.24, 2.45) is 0 Å². The number of hydrogen-bond donors (Lipinski definition) is 1. The molecule has 0 spiro atoms. The second-order valence-corrected chi connectivity index (χ2v) is 6.74. The summed E-state index contributed by atoms with van der Waals surface area (Å²) in [4.78, 5) is 38.8. The number of carbonyl (C=O) groups is 3. The van der Waals surface area contributed by atoms with Gasteiger partial charge in [0.2, 0.25) is 5.75 Å². The van der Waals surface area contributed by atoms with Crippen molar-refractivity contribution in [2.75, 3.05) is 21.3 Å². The lowest BCUT2D eigenvalue weighted by molar-refractivity contribution is -0.132. The van der Waals surface area contributed by atoms with Gasteiger partial charge in [0.05, 0.1) is 21.3 Å². The zero-order chi connectivity index (χ0) is 20.3. The largest absolute Gasteiger partial charge is 0.493 e. The van der Waals surface area contributed by atoms with Crippen molar-refractivity contribution in [3.05, 3.63) is 23.3 Å². The van der Waals surface area contributed by atoms with Gasteiger partial charge in [0, 0.05) is 6.04 Å². The quantitative estimate of drug-likeness (QED) is 0.615. The molecule has 8 nitrogen and oxygen atoms in total. The van der Waals surface area contributed by atoms with Crippen LogP contribution in [0.4, 0.5) is 4.79 Å². The highest BCUT2D eigenvalue weighted by molar-refractivity contribution is 6.31. The number of methoxy groups -OCH3 is 3. The van der Waals surface area contributed by atoms with Crippen molar-refractivity contribution < 1.29 is 28.6 Å². The number of ether oxygens (including phenoxy) is 3. The van der Waals surface area contributed by atoms with Crippen molar-refractivity contribution in [1.29, 1.82) is 0 Å². The van der Waals surface area contributed by atoms with Gasteiger partial charge in [-0.1, -0.05) is 19.3 Å². The van der Waals surface area contributed by atoms with Gasteiger partial charge in [0.15, 0.2) is 11.5 Å². The van der Waals surface area contributed by atoms with E-state index in [1.807, 2.05) is 0 Å². The molecule has 1 aliphatic carbocycles. The van der Waals surface area contributed by atoms with Gasteiger partial charge >= 0.3 is 6.03 Å². The molecular weight excluding hydrogens is 364 g/mol. The SMILES string of the molecule is COc1cc(/C=C2/C(=O)NC(=O)N(C3CCCCC3)C2=O)cc(OC)c1OC. The Morgan fingerprint density at radius 1 is 0.964 bits per heavy atom. The Morgan fingerprint density at radius 2 is 1.57 bits per heavy atom. The molecule has 2 aliphatic rings. The molecule has 28 heavy (non-hydrogen) atoms. The summed E-state index contributed by atoms with van der Waals surface area (Å²) in [6, 6.07) is 2.44. The molecule has 0 radical (unpaired) electrons. The van der Waals surface area contributed by atoms with Crippen LogP contribution < -0.4 is 19.5 Å². The summed E-state index contributed by atoms with van der Waals surface area (Å²) in [5.41, 5.74) is 0.422. The van der Waals surface area contributed by atoms with E-state index in [9.17, 15) is 14.4 Å². The van der Waals surface area contributed by atoms with Crippen LogP contribution >= 0.6 is 0 Å². The van der Waals surface area contributed by atoms with E-state index >= 15 is 0 Å². The summed E-state index contributed by atoms with van der Waals surface area (Å²) >= 11 is 0. The molecule has 150 valence electrons. The van der Waals surface area contributed by atoms with Crippen molar-refractivity contribution in [3.8, 4) is 17.2 Å². The second kappa shape index (κ2) is 8.33. The average molecular weight is 388 g/mol. The fraction of sp³-hybridized carbons (Fsp3) is 0.450. The van der Waals surface area contributed by atoms with Crippen LogP contribution in [0.2, 0.25) is 0 Å². The van der Waals surface area contributed by atoms with E-state index in [0.29, 0.717) is 22.8 Å². The predicted molar refractivity (Wildman–Crippen MR) is 101 cm³/mol. The molecule has 1 saturated heterocycles. The van der Waals surface area contributed by atoms with E-state index in [1.54, 1.807) is 12.1 Å². The van der Waals surface area contributed by atoms with Crippen LogP contribution in [0, 0.1) is 0 Å². The zero-order valence-corrected chi connectivity index (χ0v) is 16.2. The molecule has 0 unspecified atom stereocenters. The van der Waals surface area contributed by atoms with Crippen molar-refractivity contribution >= 4 is 23.9 Å². The Bertz CT molecular complexity index is 801. The van der Waals surface area contributed by atoms with E-state index in [4.69, 9.17) is 14.2 Å². The molecule has 1 N–H and O–H groups in total. The minimum atomic E-state index is -0.712. The normalized spacial score (nSPS) is 19.6. The Labute approximate surface area is 163 Å². The summed E-state index contributed by atoms with van der Waals surface area (Å²) in [7, 11) is 4.45. The first-order valence-corrected chi connectivity index (χ1v) is 9.20. The van der Waals surface area contributed by atoms with Gasteiger partial charge in [-0.2, -0.15) is 0 Å². The molecule has 1 aromatic carbocycles. The number of nitrogens with one attached hydrogen (secondary N) is 1. The first-order valence-electron chi connectivity index (χ1n) is 9.20. The molecular formula is C20H24N2O6. The summed E-state index contributed by atoms with van der Waals surface area (Å²) in [5, 5.41) is 2.28. The number of nitrogens with zero attached hydrogens (tertiary/aromatic N) is 1. The number of hydrogen-bond acceptors (Lipinski definition) is 6. The standard InChI is InChI=1S/C20H24N2O6/c1-26-15-10-12(11-16(27-2)17(15)28-3)9-14-18(23)21-20(25)22(19(14)24)13-7-5-4-6-8-13/h9-11,13H,4-8H2,1-3H3,(H,21,23,25)/b14-9-. The van der Waals surface area contributed by atoms with Gasteiger partial charge in [0.1, 0.15) is 5.57 Å². The molecule has 4 amide bonds. The highest BCUT2D eigenvalue weighted by atomic mass is 16.5. The van der Waals surface area contributed by atoms with E-state index in [1.165, 1.54) is 32.3 Å². The fourth-order valence-corrected chi connectivity index (χ4v) is 3.69. The van der Waals surface area contributed by atoms with Crippen LogP contribution in [0.15, 0.2) is 17.7 Å². The van der Waals surface area contributed by atoms with Gasteiger partial charge in [0.25, 0.3) is 11.8 Å². The fourth-order valence-electron chi connectivity index (χ4n) is 3.69. The lowest BCUT2D eigenvalue weighted by Gasteiger charge is -2.35. The molecule has 0 atom stereocenters. The molecule has 0 bridgehead atoms. The smallest absolute Gasteiger partial charge is 0.331 e. The summed E-state index contributed by atoms with van der Waals surface area (Å²) in [6.45, 7) is 0. The monoisotopic (exact) mass is 388 g/mol. The van der Waals surface area contributed by atoms with Crippen LogP contribution in [0.25, 0.3) is 6.08 Å². The first kappa shape index (κ1) is 19.7. The third-order valence-corrected chi connectivity index (χ3v) is 5.07. The molecule has 2 fully saturated rings. The minimum Gasteiger partial charge on any atom is -0.493 e. The zero-order valence-electron chi connectivity index (χ0n) is 16.2.